The molecular formula is C19H17Cl2NO. The zero-order valence-electron chi connectivity index (χ0n) is 13.0. The molecule has 0 aliphatic carbocycles. The largest absolute Gasteiger partial charge is 0.379 e. The molecule has 0 radical (unpaired) electrons. The molecule has 0 spiro atoms. The second-order valence-electron chi connectivity index (χ2n) is 6.40. The van der Waals surface area contributed by atoms with Crippen molar-refractivity contribution in [1.29, 1.82) is 0 Å². The topological polar surface area (TPSA) is 29.1 Å². The number of halogens is 2. The molecule has 1 aliphatic rings. The highest BCUT2D eigenvalue weighted by Crippen LogP contribution is 2.35. The fourth-order valence-electron chi connectivity index (χ4n) is 2.87. The normalized spacial score (nSPS) is 17.5. The van der Waals surface area contributed by atoms with Crippen molar-refractivity contribution in [3.05, 3.63) is 75.3 Å². The molecule has 2 nitrogen and oxygen atoms in total. The van der Waals surface area contributed by atoms with Crippen molar-refractivity contribution >= 4 is 34.7 Å². The molecule has 1 aliphatic heterocycles. The molecule has 2 aromatic carbocycles. The van der Waals surface area contributed by atoms with Gasteiger partial charge in [-0.05, 0) is 38.0 Å². The van der Waals surface area contributed by atoms with Crippen LogP contribution in [0.5, 0.6) is 0 Å². The van der Waals surface area contributed by atoms with Crippen molar-refractivity contribution in [3.63, 3.8) is 0 Å². The van der Waals surface area contributed by atoms with Crippen LogP contribution in [0.3, 0.4) is 0 Å². The number of carbonyl (C=O) groups excluding carboxylic acids is 1. The van der Waals surface area contributed by atoms with Gasteiger partial charge in [0.15, 0.2) is 5.78 Å². The van der Waals surface area contributed by atoms with Gasteiger partial charge in [0, 0.05) is 28.4 Å². The number of rotatable bonds is 2. The molecule has 0 aromatic heterocycles. The minimum Gasteiger partial charge on any atom is -0.379 e. The minimum absolute atomic E-state index is 0.0391. The lowest BCUT2D eigenvalue weighted by Crippen LogP contribution is -2.43. The van der Waals surface area contributed by atoms with E-state index in [0.29, 0.717) is 15.6 Å². The summed E-state index contributed by atoms with van der Waals surface area (Å²) in [5, 5.41) is 4.46. The number of benzene rings is 2. The third-order valence-electron chi connectivity index (χ3n) is 3.88. The molecule has 0 unspecified atom stereocenters. The first-order chi connectivity index (χ1) is 10.9. The van der Waals surface area contributed by atoms with Crippen LogP contribution < -0.4 is 5.32 Å². The number of hydrogen-bond donors (Lipinski definition) is 1. The molecule has 0 saturated carbocycles. The van der Waals surface area contributed by atoms with E-state index in [1.54, 1.807) is 6.08 Å². The fourth-order valence-corrected chi connectivity index (χ4v) is 3.22. The molecule has 2 aromatic rings. The third kappa shape index (κ3) is 3.44. The molecule has 118 valence electrons. The Kier molecular flexibility index (Phi) is 4.22. The van der Waals surface area contributed by atoms with Gasteiger partial charge in [-0.15, -0.1) is 0 Å². The highest BCUT2D eigenvalue weighted by Gasteiger charge is 2.28. The van der Waals surface area contributed by atoms with Gasteiger partial charge in [-0.2, -0.15) is 0 Å². The number of carbonyl (C=O) groups is 1. The molecule has 0 saturated heterocycles. The van der Waals surface area contributed by atoms with Gasteiger partial charge in [0.25, 0.3) is 0 Å². The van der Waals surface area contributed by atoms with E-state index < -0.39 is 0 Å². The first-order valence-electron chi connectivity index (χ1n) is 7.43. The molecule has 4 heteroatoms. The van der Waals surface area contributed by atoms with Crippen LogP contribution in [0.2, 0.25) is 10.0 Å². The third-order valence-corrected chi connectivity index (χ3v) is 4.60. The van der Waals surface area contributed by atoms with Gasteiger partial charge in [-0.3, -0.25) is 4.79 Å². The van der Waals surface area contributed by atoms with Gasteiger partial charge in [0.1, 0.15) is 0 Å². The standard InChI is InChI=1S/C19H17Cl2NO/c1-19(2)11-13-8-15(20)16(21)9-14(13)17(22-19)10-18(23)12-6-4-3-5-7-12/h3-10,22H,11H2,1-2H3/b17-10-. The Morgan fingerprint density at radius 3 is 2.48 bits per heavy atom. The molecule has 0 fully saturated rings. The summed E-state index contributed by atoms with van der Waals surface area (Å²) in [5.74, 6) is -0.0391. The van der Waals surface area contributed by atoms with Crippen LogP contribution >= 0.6 is 23.2 Å². The lowest BCUT2D eigenvalue weighted by atomic mass is 9.85. The van der Waals surface area contributed by atoms with E-state index in [1.165, 1.54) is 0 Å². The van der Waals surface area contributed by atoms with Crippen LogP contribution in [-0.4, -0.2) is 11.3 Å². The number of allylic oxidation sites excluding steroid dienone is 1. The van der Waals surface area contributed by atoms with Crippen LogP contribution in [0.1, 0.15) is 35.3 Å². The second kappa shape index (κ2) is 6.03. The van der Waals surface area contributed by atoms with Crippen molar-refractivity contribution < 1.29 is 4.79 Å². The molecule has 0 atom stereocenters. The molecule has 0 bridgehead atoms. The van der Waals surface area contributed by atoms with Gasteiger partial charge in [0.05, 0.1) is 10.0 Å². The van der Waals surface area contributed by atoms with E-state index in [4.69, 9.17) is 23.2 Å². The zero-order valence-corrected chi connectivity index (χ0v) is 14.5. The molecule has 0 amide bonds. The highest BCUT2D eigenvalue weighted by molar-refractivity contribution is 6.42. The van der Waals surface area contributed by atoms with Crippen LogP contribution in [0.15, 0.2) is 48.5 Å². The van der Waals surface area contributed by atoms with E-state index in [-0.39, 0.29) is 11.3 Å². The summed E-state index contributed by atoms with van der Waals surface area (Å²) < 4.78 is 0. The summed E-state index contributed by atoms with van der Waals surface area (Å²) in [6.45, 7) is 4.19. The Hall–Kier alpha value is -1.77. The van der Waals surface area contributed by atoms with Crippen molar-refractivity contribution in [2.24, 2.45) is 0 Å². The van der Waals surface area contributed by atoms with Gasteiger partial charge < -0.3 is 5.32 Å². The molecular weight excluding hydrogens is 329 g/mol. The summed E-state index contributed by atoms with van der Waals surface area (Å²) in [5.41, 5.74) is 3.31. The summed E-state index contributed by atoms with van der Waals surface area (Å²) in [6, 6.07) is 12.9. The zero-order chi connectivity index (χ0) is 16.6. The predicted octanol–water partition coefficient (Wildman–Crippen LogP) is 5.14. The molecule has 1 N–H and O–H groups in total. The first kappa shape index (κ1) is 16.1. The maximum Gasteiger partial charge on any atom is 0.187 e. The van der Waals surface area contributed by atoms with Gasteiger partial charge >= 0.3 is 0 Å². The summed E-state index contributed by atoms with van der Waals surface area (Å²) in [4.78, 5) is 12.5. The smallest absolute Gasteiger partial charge is 0.187 e. The van der Waals surface area contributed by atoms with Crippen LogP contribution in [0.25, 0.3) is 5.70 Å². The number of fused-ring (bicyclic) bond motifs is 1. The monoisotopic (exact) mass is 345 g/mol. The highest BCUT2D eigenvalue weighted by atomic mass is 35.5. The molecule has 1 heterocycles. The quantitative estimate of drug-likeness (QED) is 0.602. The fraction of sp³-hybridized carbons (Fsp3) is 0.211. The van der Waals surface area contributed by atoms with Crippen molar-refractivity contribution in [3.8, 4) is 0 Å². The van der Waals surface area contributed by atoms with Gasteiger partial charge in [0.2, 0.25) is 0 Å². The van der Waals surface area contributed by atoms with E-state index >= 15 is 0 Å². The van der Waals surface area contributed by atoms with Crippen LogP contribution in [-0.2, 0) is 6.42 Å². The van der Waals surface area contributed by atoms with Crippen molar-refractivity contribution in [2.45, 2.75) is 25.8 Å². The Morgan fingerprint density at radius 1 is 1.13 bits per heavy atom. The summed E-state index contributed by atoms with van der Waals surface area (Å²) in [6.07, 6.45) is 2.45. The molecule has 3 rings (SSSR count). The van der Waals surface area contributed by atoms with Gasteiger partial charge in [-0.1, -0.05) is 53.5 Å². The summed E-state index contributed by atoms with van der Waals surface area (Å²) >= 11 is 12.3. The van der Waals surface area contributed by atoms with Crippen LogP contribution in [0.4, 0.5) is 0 Å². The predicted molar refractivity (Wildman–Crippen MR) is 96.1 cm³/mol. The maximum absolute atomic E-state index is 12.5. The van der Waals surface area contributed by atoms with Crippen molar-refractivity contribution in [1.82, 2.24) is 5.32 Å². The van der Waals surface area contributed by atoms with Crippen molar-refractivity contribution in [2.75, 3.05) is 0 Å². The Morgan fingerprint density at radius 2 is 1.78 bits per heavy atom. The number of hydrogen-bond acceptors (Lipinski definition) is 2. The van der Waals surface area contributed by atoms with E-state index in [9.17, 15) is 4.79 Å². The van der Waals surface area contributed by atoms with E-state index in [0.717, 1.165) is 23.2 Å². The Balaban J connectivity index is 2.07. The average molecular weight is 346 g/mol. The Labute approximate surface area is 146 Å². The molecule has 23 heavy (non-hydrogen) atoms. The van der Waals surface area contributed by atoms with Crippen LogP contribution in [0, 0.1) is 0 Å². The number of ketones is 1. The SMILES string of the molecule is CC1(C)Cc2cc(Cl)c(Cl)cc2/C(=C/C(=O)c2ccccc2)N1. The Bertz CT molecular complexity index is 795. The van der Waals surface area contributed by atoms with E-state index in [2.05, 4.69) is 19.2 Å². The first-order valence-corrected chi connectivity index (χ1v) is 8.19. The lowest BCUT2D eigenvalue weighted by molar-refractivity contribution is 0.104. The second-order valence-corrected chi connectivity index (χ2v) is 7.21. The summed E-state index contributed by atoms with van der Waals surface area (Å²) in [7, 11) is 0. The lowest BCUT2D eigenvalue weighted by Gasteiger charge is -2.35. The van der Waals surface area contributed by atoms with E-state index in [1.807, 2.05) is 42.5 Å². The maximum atomic E-state index is 12.5. The average Bonchev–Trinajstić information content (AvgIpc) is 2.49. The van der Waals surface area contributed by atoms with Gasteiger partial charge in [-0.25, -0.2) is 0 Å². The minimum atomic E-state index is -0.160. The number of nitrogens with one attached hydrogen (secondary N) is 1.